The first-order chi connectivity index (χ1) is 14.2. The number of benzene rings is 1. The third-order valence-corrected chi connectivity index (χ3v) is 5.18. The van der Waals surface area contributed by atoms with Gasteiger partial charge in [-0.1, -0.05) is 6.07 Å². The lowest BCUT2D eigenvalue weighted by molar-refractivity contribution is 0.171. The predicted molar refractivity (Wildman–Crippen MR) is 116 cm³/mol. The average molecular weight is 398 g/mol. The van der Waals surface area contributed by atoms with Crippen LogP contribution in [0.4, 0.5) is 0 Å². The van der Waals surface area contributed by atoms with Crippen LogP contribution in [0.2, 0.25) is 0 Å². The van der Waals surface area contributed by atoms with Gasteiger partial charge in [-0.15, -0.1) is 0 Å². The van der Waals surface area contributed by atoms with Gasteiger partial charge in [0.25, 0.3) is 0 Å². The van der Waals surface area contributed by atoms with Crippen molar-refractivity contribution in [1.82, 2.24) is 20.1 Å². The van der Waals surface area contributed by atoms with E-state index in [-0.39, 0.29) is 0 Å². The molecule has 0 amide bonds. The van der Waals surface area contributed by atoms with Crippen LogP contribution < -0.4 is 14.8 Å². The number of aromatic nitrogens is 1. The maximum Gasteiger partial charge on any atom is 0.193 e. The number of nitrogens with zero attached hydrogens (tertiary/aromatic N) is 4. The van der Waals surface area contributed by atoms with Crippen molar-refractivity contribution in [2.24, 2.45) is 4.99 Å². The Bertz CT molecular complexity index is 789. The Morgan fingerprint density at radius 1 is 1.14 bits per heavy atom. The van der Waals surface area contributed by atoms with E-state index in [0.29, 0.717) is 0 Å². The first-order valence-electron chi connectivity index (χ1n) is 10.0. The van der Waals surface area contributed by atoms with Crippen LogP contribution in [0.25, 0.3) is 0 Å². The fraction of sp³-hybridized carbons (Fsp3) is 0.455. The number of hydrogen-bond donors (Lipinski definition) is 1. The normalized spacial score (nSPS) is 15.3. The Kier molecular flexibility index (Phi) is 7.69. The van der Waals surface area contributed by atoms with Gasteiger partial charge in [0, 0.05) is 64.3 Å². The summed E-state index contributed by atoms with van der Waals surface area (Å²) in [4.78, 5) is 13.4. The van der Waals surface area contributed by atoms with Gasteiger partial charge in [-0.2, -0.15) is 0 Å². The largest absolute Gasteiger partial charge is 0.497 e. The van der Waals surface area contributed by atoms with E-state index in [9.17, 15) is 0 Å². The summed E-state index contributed by atoms with van der Waals surface area (Å²) in [5.74, 6) is 2.73. The molecule has 1 saturated heterocycles. The van der Waals surface area contributed by atoms with Crippen molar-refractivity contribution < 1.29 is 9.47 Å². The lowest BCUT2D eigenvalue weighted by atomic mass is 10.1. The zero-order chi connectivity index (χ0) is 20.5. The van der Waals surface area contributed by atoms with Crippen LogP contribution in [0, 0.1) is 0 Å². The quantitative estimate of drug-likeness (QED) is 0.570. The Balaban J connectivity index is 1.49. The molecule has 7 heteroatoms. The topological polar surface area (TPSA) is 62.2 Å². The summed E-state index contributed by atoms with van der Waals surface area (Å²) in [7, 11) is 5.25. The second-order valence-electron chi connectivity index (χ2n) is 7.03. The minimum absolute atomic E-state index is 0.847. The number of pyridine rings is 1. The number of nitrogens with one attached hydrogen (secondary N) is 1. The van der Waals surface area contributed by atoms with E-state index in [1.165, 1.54) is 5.56 Å². The highest BCUT2D eigenvalue weighted by atomic mass is 16.5. The van der Waals surface area contributed by atoms with Crippen LogP contribution in [0.5, 0.6) is 11.5 Å². The van der Waals surface area contributed by atoms with E-state index < -0.39 is 0 Å². The number of ether oxygens (including phenoxy) is 2. The first-order valence-corrected chi connectivity index (χ1v) is 10.0. The molecule has 156 valence electrons. The molecule has 3 rings (SSSR count). The van der Waals surface area contributed by atoms with Gasteiger partial charge in [-0.05, 0) is 36.2 Å². The van der Waals surface area contributed by atoms with Gasteiger partial charge in [0.15, 0.2) is 5.96 Å². The van der Waals surface area contributed by atoms with Gasteiger partial charge in [0.1, 0.15) is 11.5 Å². The molecule has 0 bridgehead atoms. The monoisotopic (exact) mass is 397 g/mol. The SMILES string of the molecule is CN=C(NCCc1cccnc1)N1CCN(Cc2cc(OC)ccc2OC)CC1. The summed E-state index contributed by atoms with van der Waals surface area (Å²) >= 11 is 0. The molecule has 1 aliphatic rings. The van der Waals surface area contributed by atoms with E-state index >= 15 is 0 Å². The van der Waals surface area contributed by atoms with Gasteiger partial charge in [0.2, 0.25) is 0 Å². The molecule has 0 atom stereocenters. The lowest BCUT2D eigenvalue weighted by Crippen LogP contribution is -2.52. The predicted octanol–water partition coefficient (Wildman–Crippen LogP) is 2.03. The molecule has 1 aromatic heterocycles. The van der Waals surface area contributed by atoms with E-state index in [1.807, 2.05) is 31.4 Å². The number of aliphatic imine (C=N–C) groups is 1. The molecule has 1 fully saturated rings. The zero-order valence-corrected chi connectivity index (χ0v) is 17.6. The molecule has 2 aromatic rings. The molecule has 0 saturated carbocycles. The Morgan fingerprint density at radius 3 is 2.62 bits per heavy atom. The van der Waals surface area contributed by atoms with E-state index in [0.717, 1.165) is 68.7 Å². The van der Waals surface area contributed by atoms with E-state index in [1.54, 1.807) is 20.4 Å². The Hall–Kier alpha value is -2.80. The van der Waals surface area contributed by atoms with Crippen LogP contribution in [0.3, 0.4) is 0 Å². The highest BCUT2D eigenvalue weighted by Crippen LogP contribution is 2.25. The van der Waals surface area contributed by atoms with Crippen molar-refractivity contribution in [3.63, 3.8) is 0 Å². The fourth-order valence-corrected chi connectivity index (χ4v) is 3.56. The third kappa shape index (κ3) is 5.84. The van der Waals surface area contributed by atoms with E-state index in [2.05, 4.69) is 37.2 Å². The molecular formula is C22H31N5O2. The highest BCUT2D eigenvalue weighted by Gasteiger charge is 2.20. The van der Waals surface area contributed by atoms with Crippen LogP contribution in [0.15, 0.2) is 47.7 Å². The van der Waals surface area contributed by atoms with Crippen LogP contribution in [-0.2, 0) is 13.0 Å². The van der Waals surface area contributed by atoms with Crippen molar-refractivity contribution >= 4 is 5.96 Å². The maximum atomic E-state index is 5.52. The molecule has 0 unspecified atom stereocenters. The number of methoxy groups -OCH3 is 2. The number of rotatable bonds is 7. The second-order valence-corrected chi connectivity index (χ2v) is 7.03. The third-order valence-electron chi connectivity index (χ3n) is 5.18. The van der Waals surface area contributed by atoms with Gasteiger partial charge in [-0.25, -0.2) is 0 Å². The summed E-state index contributed by atoms with van der Waals surface area (Å²) in [6.45, 7) is 5.53. The molecule has 1 aliphatic heterocycles. The van der Waals surface area contributed by atoms with Gasteiger partial charge in [-0.3, -0.25) is 14.9 Å². The Morgan fingerprint density at radius 2 is 1.97 bits per heavy atom. The van der Waals surface area contributed by atoms with Crippen LogP contribution >= 0.6 is 0 Å². The minimum Gasteiger partial charge on any atom is -0.497 e. The van der Waals surface area contributed by atoms with Crippen molar-refractivity contribution in [3.05, 3.63) is 53.9 Å². The Labute approximate surface area is 173 Å². The van der Waals surface area contributed by atoms with Crippen LogP contribution in [-0.4, -0.2) is 74.7 Å². The molecule has 1 N–H and O–H groups in total. The molecule has 2 heterocycles. The summed E-state index contributed by atoms with van der Waals surface area (Å²) in [5, 5.41) is 3.48. The number of guanidine groups is 1. The molecule has 7 nitrogen and oxygen atoms in total. The maximum absolute atomic E-state index is 5.52. The number of piperazine rings is 1. The van der Waals surface area contributed by atoms with Crippen LogP contribution in [0.1, 0.15) is 11.1 Å². The van der Waals surface area contributed by atoms with E-state index in [4.69, 9.17) is 9.47 Å². The van der Waals surface area contributed by atoms with Crippen molar-refractivity contribution in [2.45, 2.75) is 13.0 Å². The molecular weight excluding hydrogens is 366 g/mol. The smallest absolute Gasteiger partial charge is 0.193 e. The van der Waals surface area contributed by atoms with Crippen molar-refractivity contribution in [3.8, 4) is 11.5 Å². The van der Waals surface area contributed by atoms with Crippen molar-refractivity contribution in [1.29, 1.82) is 0 Å². The minimum atomic E-state index is 0.847. The van der Waals surface area contributed by atoms with Gasteiger partial charge >= 0.3 is 0 Å². The van der Waals surface area contributed by atoms with Crippen molar-refractivity contribution in [2.75, 3.05) is 54.0 Å². The summed E-state index contributed by atoms with van der Waals surface area (Å²) in [5.41, 5.74) is 2.38. The fourth-order valence-electron chi connectivity index (χ4n) is 3.56. The molecule has 0 aliphatic carbocycles. The lowest BCUT2D eigenvalue weighted by Gasteiger charge is -2.36. The first kappa shape index (κ1) is 20.9. The van der Waals surface area contributed by atoms with Gasteiger partial charge in [0.05, 0.1) is 14.2 Å². The standard InChI is InChI=1S/C22H31N5O2/c1-23-22(25-10-8-18-5-4-9-24-16-18)27-13-11-26(12-14-27)17-19-15-20(28-2)6-7-21(19)29-3/h4-7,9,15-16H,8,10-14,17H2,1-3H3,(H,23,25). The molecule has 0 radical (unpaired) electrons. The zero-order valence-electron chi connectivity index (χ0n) is 17.6. The second kappa shape index (κ2) is 10.7. The average Bonchev–Trinajstić information content (AvgIpc) is 2.78. The molecule has 0 spiro atoms. The highest BCUT2D eigenvalue weighted by molar-refractivity contribution is 5.80. The van der Waals surface area contributed by atoms with Gasteiger partial charge < -0.3 is 19.7 Å². The molecule has 1 aromatic carbocycles. The summed E-state index contributed by atoms with van der Waals surface area (Å²) < 4.78 is 10.9. The molecule has 29 heavy (non-hydrogen) atoms. The number of hydrogen-bond acceptors (Lipinski definition) is 5. The summed E-state index contributed by atoms with van der Waals surface area (Å²) in [6, 6.07) is 10.0. The summed E-state index contributed by atoms with van der Waals surface area (Å²) in [6.07, 6.45) is 4.65.